The van der Waals surface area contributed by atoms with Gasteiger partial charge in [-0.05, 0) is 30.7 Å². The van der Waals surface area contributed by atoms with Crippen molar-refractivity contribution in [1.29, 1.82) is 0 Å². The molecular weight excluding hydrogens is 546 g/mol. The Morgan fingerprint density at radius 3 is 2.52 bits per heavy atom. The van der Waals surface area contributed by atoms with Gasteiger partial charge in [0.2, 0.25) is 5.95 Å². The molecule has 4 heterocycles. The number of carbonyl (C=O) groups excluding carboxylic acids is 1. The highest BCUT2D eigenvalue weighted by molar-refractivity contribution is 5.82. The number of carbonyl (C=O) groups is 1. The third-order valence-electron chi connectivity index (χ3n) is 7.17. The third kappa shape index (κ3) is 6.57. The van der Waals surface area contributed by atoms with E-state index in [1.807, 2.05) is 37.3 Å². The van der Waals surface area contributed by atoms with Crippen LogP contribution in [0.2, 0.25) is 0 Å². The van der Waals surface area contributed by atoms with Crippen LogP contribution in [0.3, 0.4) is 0 Å². The molecule has 1 fully saturated rings. The first-order valence-corrected chi connectivity index (χ1v) is 13.5. The van der Waals surface area contributed by atoms with Gasteiger partial charge in [0.25, 0.3) is 0 Å². The normalized spacial score (nSPS) is 17.2. The van der Waals surface area contributed by atoms with Crippen molar-refractivity contribution in [2.45, 2.75) is 32.5 Å². The fourth-order valence-corrected chi connectivity index (χ4v) is 5.11. The molecule has 0 aliphatic carbocycles. The molecule has 42 heavy (non-hydrogen) atoms. The van der Waals surface area contributed by atoms with Gasteiger partial charge in [-0.3, -0.25) is 9.63 Å². The third-order valence-corrected chi connectivity index (χ3v) is 7.17. The van der Waals surface area contributed by atoms with Crippen LogP contribution in [0, 0.1) is 24.6 Å². The number of halogens is 2. The number of ether oxygens (including phenoxy) is 2. The lowest BCUT2D eigenvalue weighted by molar-refractivity contribution is -0.155. The van der Waals surface area contributed by atoms with Gasteiger partial charge in [-0.2, -0.15) is 14.6 Å². The zero-order chi connectivity index (χ0) is 29.6. The van der Waals surface area contributed by atoms with Crippen LogP contribution < -0.4 is 0 Å². The van der Waals surface area contributed by atoms with E-state index >= 15 is 0 Å². The number of ketones is 1. The molecule has 1 aliphatic rings. The van der Waals surface area contributed by atoms with Crippen molar-refractivity contribution in [2.75, 3.05) is 33.9 Å². The number of para-hydroxylation sites is 1. The summed E-state index contributed by atoms with van der Waals surface area (Å²) in [4.78, 5) is 32.0. The van der Waals surface area contributed by atoms with Crippen LogP contribution in [0.5, 0.6) is 0 Å². The Kier molecular flexibility index (Phi) is 9.38. The molecule has 1 aromatic carbocycles. The Hall–Kier alpha value is -3.97. The zero-order valence-corrected chi connectivity index (χ0v) is 23.7. The SMILES string of the molecule is COCCN1C[C@@H](CC(=O)Cc2c(C)c(-c3cnc(COC)nc3)nn2-c2ccccc2)[C@H](c2cnc(F)c(F)c2)O1. The van der Waals surface area contributed by atoms with Gasteiger partial charge in [0.1, 0.15) is 18.5 Å². The van der Waals surface area contributed by atoms with E-state index in [-0.39, 0.29) is 24.5 Å². The molecule has 5 rings (SSSR count). The number of aromatic nitrogens is 5. The van der Waals surface area contributed by atoms with Crippen LogP contribution in [0.15, 0.2) is 55.0 Å². The summed E-state index contributed by atoms with van der Waals surface area (Å²) in [5, 5.41) is 6.55. The van der Waals surface area contributed by atoms with Crippen molar-refractivity contribution < 1.29 is 27.9 Å². The van der Waals surface area contributed by atoms with Crippen molar-refractivity contribution in [1.82, 2.24) is 29.8 Å². The van der Waals surface area contributed by atoms with Crippen LogP contribution in [0.1, 0.15) is 35.2 Å². The average molecular weight is 579 g/mol. The highest BCUT2D eigenvalue weighted by atomic mass is 19.2. The predicted octanol–water partition coefficient (Wildman–Crippen LogP) is 4.21. The molecule has 0 N–H and O–H groups in total. The Bertz CT molecular complexity index is 1520. The summed E-state index contributed by atoms with van der Waals surface area (Å²) in [7, 11) is 3.17. The molecule has 220 valence electrons. The van der Waals surface area contributed by atoms with E-state index < -0.39 is 17.9 Å². The van der Waals surface area contributed by atoms with E-state index in [0.717, 1.165) is 28.6 Å². The number of hydrogen-bond donors (Lipinski definition) is 0. The van der Waals surface area contributed by atoms with Crippen molar-refractivity contribution in [3.63, 3.8) is 0 Å². The Morgan fingerprint density at radius 2 is 1.83 bits per heavy atom. The summed E-state index contributed by atoms with van der Waals surface area (Å²) in [6.45, 7) is 3.52. The molecule has 0 saturated carbocycles. The van der Waals surface area contributed by atoms with Gasteiger partial charge in [-0.15, -0.1) is 0 Å². The summed E-state index contributed by atoms with van der Waals surface area (Å²) in [5.41, 5.74) is 4.15. The Balaban J connectivity index is 1.42. The molecule has 0 amide bonds. The van der Waals surface area contributed by atoms with Gasteiger partial charge in [0, 0.05) is 75.8 Å². The monoisotopic (exact) mass is 578 g/mol. The van der Waals surface area contributed by atoms with Gasteiger partial charge in [0.15, 0.2) is 11.6 Å². The van der Waals surface area contributed by atoms with Crippen LogP contribution in [-0.4, -0.2) is 69.5 Å². The minimum Gasteiger partial charge on any atom is -0.383 e. The van der Waals surface area contributed by atoms with Gasteiger partial charge in [-0.1, -0.05) is 18.2 Å². The Morgan fingerprint density at radius 1 is 1.07 bits per heavy atom. The molecule has 2 atom stereocenters. The van der Waals surface area contributed by atoms with Crippen LogP contribution in [0.4, 0.5) is 8.78 Å². The smallest absolute Gasteiger partial charge is 0.248 e. The van der Waals surface area contributed by atoms with Crippen molar-refractivity contribution in [3.05, 3.63) is 89.4 Å². The van der Waals surface area contributed by atoms with E-state index in [1.165, 1.54) is 6.20 Å². The van der Waals surface area contributed by atoms with E-state index in [4.69, 9.17) is 19.4 Å². The van der Waals surface area contributed by atoms with Crippen LogP contribution in [-0.2, 0) is 32.1 Å². The van der Waals surface area contributed by atoms with E-state index in [1.54, 1.807) is 36.4 Å². The highest BCUT2D eigenvalue weighted by Crippen LogP contribution is 2.37. The molecule has 3 aromatic heterocycles. The van der Waals surface area contributed by atoms with Gasteiger partial charge >= 0.3 is 0 Å². The molecule has 0 spiro atoms. The van der Waals surface area contributed by atoms with E-state index in [0.29, 0.717) is 43.4 Å². The zero-order valence-electron chi connectivity index (χ0n) is 23.7. The van der Waals surface area contributed by atoms with Gasteiger partial charge < -0.3 is 9.47 Å². The number of pyridine rings is 1. The molecule has 10 nitrogen and oxygen atoms in total. The van der Waals surface area contributed by atoms with Crippen molar-refractivity contribution in [3.8, 4) is 16.9 Å². The molecule has 1 aliphatic heterocycles. The van der Waals surface area contributed by atoms with Crippen molar-refractivity contribution >= 4 is 5.78 Å². The molecule has 4 aromatic rings. The lowest BCUT2D eigenvalue weighted by atomic mass is 9.91. The maximum Gasteiger partial charge on any atom is 0.248 e. The molecule has 0 unspecified atom stereocenters. The largest absolute Gasteiger partial charge is 0.383 e. The maximum atomic E-state index is 14.0. The minimum absolute atomic E-state index is 0.0452. The number of hydroxylamine groups is 2. The minimum atomic E-state index is -1.18. The Labute approximate surface area is 242 Å². The molecule has 0 radical (unpaired) electrons. The van der Waals surface area contributed by atoms with Crippen LogP contribution in [0.25, 0.3) is 16.9 Å². The lowest BCUT2D eigenvalue weighted by Crippen LogP contribution is -2.24. The first kappa shape index (κ1) is 29.5. The summed E-state index contributed by atoms with van der Waals surface area (Å²) in [5.74, 6) is -2.04. The number of methoxy groups -OCH3 is 2. The second kappa shape index (κ2) is 13.3. The quantitative estimate of drug-likeness (QED) is 0.229. The first-order chi connectivity index (χ1) is 20.4. The number of nitrogens with zero attached hydrogens (tertiary/aromatic N) is 6. The van der Waals surface area contributed by atoms with Gasteiger partial charge in [0.05, 0.1) is 23.7 Å². The molecule has 12 heteroatoms. The number of rotatable bonds is 12. The summed E-state index contributed by atoms with van der Waals surface area (Å²) in [6.07, 6.45) is 4.24. The first-order valence-electron chi connectivity index (χ1n) is 13.5. The number of Topliss-reactive ketones (excluding diaryl/α,β-unsaturated/α-hetero) is 1. The maximum absolute atomic E-state index is 14.0. The van der Waals surface area contributed by atoms with Crippen LogP contribution >= 0.6 is 0 Å². The summed E-state index contributed by atoms with van der Waals surface area (Å²) < 4.78 is 39.6. The fourth-order valence-electron chi connectivity index (χ4n) is 5.11. The second-order valence-electron chi connectivity index (χ2n) is 10.1. The summed E-state index contributed by atoms with van der Waals surface area (Å²) >= 11 is 0. The highest BCUT2D eigenvalue weighted by Gasteiger charge is 2.37. The van der Waals surface area contributed by atoms with E-state index in [9.17, 15) is 13.6 Å². The fraction of sp³-hybridized carbons (Fsp3) is 0.367. The lowest BCUT2D eigenvalue weighted by Gasteiger charge is -2.17. The van der Waals surface area contributed by atoms with E-state index in [2.05, 4.69) is 15.0 Å². The topological polar surface area (TPSA) is 104 Å². The van der Waals surface area contributed by atoms with Gasteiger partial charge in [-0.25, -0.2) is 24.0 Å². The molecule has 1 saturated heterocycles. The number of hydrogen-bond acceptors (Lipinski definition) is 9. The predicted molar refractivity (Wildman–Crippen MR) is 148 cm³/mol. The standard InChI is InChI=1S/C30H32F2N6O4/c1-19-26(38(23-7-5-4-6-8-23)36-28(19)22-15-33-27(18-41-3)34-16-22)13-24(39)11-21-17-37(9-10-40-2)42-29(21)20-12-25(31)30(32)35-14-20/h4-8,12,14-16,21,29H,9-11,13,17-18H2,1-3H3/t21-,29+/m1/s1. The number of benzene rings is 1. The summed E-state index contributed by atoms with van der Waals surface area (Å²) in [6, 6.07) is 10.7. The second-order valence-corrected chi connectivity index (χ2v) is 10.1. The molecular formula is C30H32F2N6O4. The molecule has 0 bridgehead atoms. The average Bonchev–Trinajstić information content (AvgIpc) is 3.54. The van der Waals surface area contributed by atoms with Crippen molar-refractivity contribution in [2.24, 2.45) is 5.92 Å².